The minimum absolute atomic E-state index is 0.633. The lowest BCUT2D eigenvalue weighted by atomic mass is 10.2. The number of halogens is 4. The number of allylic oxidation sites excluding steroid dienone is 4. The molecule has 0 rings (SSSR count). The maximum absolute atomic E-state index is 5.91. The molecule has 0 unspecified atom stereocenters. The molecule has 0 heterocycles. The first-order valence-corrected chi connectivity index (χ1v) is 6.36. The van der Waals surface area contributed by atoms with Gasteiger partial charge in [0, 0.05) is 21.8 Å². The zero-order valence-corrected chi connectivity index (χ0v) is 10.9. The van der Waals surface area contributed by atoms with Gasteiger partial charge >= 0.3 is 0 Å². The fourth-order valence-electron chi connectivity index (χ4n) is 0.819. The molecule has 0 bridgehead atoms. The second-order valence-corrected chi connectivity index (χ2v) is 4.54. The van der Waals surface area contributed by atoms with Crippen LogP contribution in [0.15, 0.2) is 22.2 Å². The summed E-state index contributed by atoms with van der Waals surface area (Å²) in [5.74, 6) is 1.27. The lowest BCUT2D eigenvalue weighted by molar-refractivity contribution is 0.945. The van der Waals surface area contributed by atoms with Gasteiger partial charge in [-0.1, -0.05) is 23.2 Å². The summed E-state index contributed by atoms with van der Waals surface area (Å²) in [7, 11) is 0. The Hall–Kier alpha value is 0.640. The van der Waals surface area contributed by atoms with Gasteiger partial charge in [-0.3, -0.25) is 0 Å². The van der Waals surface area contributed by atoms with Crippen molar-refractivity contribution in [1.29, 1.82) is 0 Å². The second-order valence-electron chi connectivity index (χ2n) is 2.81. The van der Waals surface area contributed by atoms with E-state index in [-0.39, 0.29) is 0 Å². The standard InChI is InChI=1S/C10H14Cl4/c11-7-1-3-9(13)5-6-10(14)4-2-8-12/h5-6H,1-4,7-8H2/b9-5-,10-6-. The van der Waals surface area contributed by atoms with E-state index in [0.717, 1.165) is 35.7 Å². The average Bonchev–Trinajstić information content (AvgIpc) is 2.20. The van der Waals surface area contributed by atoms with Crippen molar-refractivity contribution >= 4 is 46.4 Å². The molecular weight excluding hydrogens is 262 g/mol. The van der Waals surface area contributed by atoms with Crippen LogP contribution in [-0.4, -0.2) is 11.8 Å². The fraction of sp³-hybridized carbons (Fsp3) is 0.600. The summed E-state index contributed by atoms with van der Waals surface area (Å²) in [6.07, 6.45) is 7.05. The molecule has 0 atom stereocenters. The van der Waals surface area contributed by atoms with Crippen molar-refractivity contribution in [3.8, 4) is 0 Å². The van der Waals surface area contributed by atoms with E-state index >= 15 is 0 Å². The normalized spacial score (nSPS) is 13.4. The second kappa shape index (κ2) is 10.2. The minimum Gasteiger partial charge on any atom is -0.127 e. The third-order valence-corrected chi connectivity index (χ3v) is 2.71. The zero-order valence-electron chi connectivity index (χ0n) is 7.91. The molecule has 82 valence electrons. The smallest absolute Gasteiger partial charge is 0.0226 e. The Balaban J connectivity index is 3.84. The predicted octanol–water partition coefficient (Wildman–Crippen LogP) is 5.27. The number of alkyl halides is 2. The topological polar surface area (TPSA) is 0 Å². The third-order valence-electron chi connectivity index (χ3n) is 1.54. The zero-order chi connectivity index (χ0) is 10.8. The minimum atomic E-state index is 0.633. The Morgan fingerprint density at radius 3 is 1.43 bits per heavy atom. The molecule has 0 aliphatic carbocycles. The molecule has 0 fully saturated rings. The fourth-order valence-corrected chi connectivity index (χ4v) is 1.48. The highest BCUT2D eigenvalue weighted by Gasteiger charge is 1.93. The monoisotopic (exact) mass is 274 g/mol. The van der Waals surface area contributed by atoms with E-state index in [1.807, 2.05) is 12.2 Å². The molecule has 0 radical (unpaired) electrons. The molecule has 0 spiro atoms. The van der Waals surface area contributed by atoms with Crippen LogP contribution in [0.1, 0.15) is 25.7 Å². The summed E-state index contributed by atoms with van der Waals surface area (Å²) in [5.41, 5.74) is 0. The van der Waals surface area contributed by atoms with E-state index in [4.69, 9.17) is 46.4 Å². The highest BCUT2D eigenvalue weighted by Crippen LogP contribution is 2.15. The van der Waals surface area contributed by atoms with Gasteiger partial charge in [0.05, 0.1) is 0 Å². The Bertz CT molecular complexity index is 174. The van der Waals surface area contributed by atoms with Crippen molar-refractivity contribution in [3.05, 3.63) is 22.2 Å². The summed E-state index contributed by atoms with van der Waals surface area (Å²) in [6.45, 7) is 0. The molecule has 0 nitrogen and oxygen atoms in total. The lowest BCUT2D eigenvalue weighted by Crippen LogP contribution is -1.78. The van der Waals surface area contributed by atoms with Crippen LogP contribution in [0.4, 0.5) is 0 Å². The summed E-state index contributed by atoms with van der Waals surface area (Å²) in [4.78, 5) is 0. The van der Waals surface area contributed by atoms with Gasteiger partial charge in [0.25, 0.3) is 0 Å². The molecule has 0 aromatic carbocycles. The first-order chi connectivity index (χ1) is 6.70. The highest BCUT2D eigenvalue weighted by molar-refractivity contribution is 6.31. The molecule has 0 saturated heterocycles. The van der Waals surface area contributed by atoms with Crippen LogP contribution < -0.4 is 0 Å². The van der Waals surface area contributed by atoms with E-state index in [2.05, 4.69) is 0 Å². The summed E-state index contributed by atoms with van der Waals surface area (Å²) in [6, 6.07) is 0. The van der Waals surface area contributed by atoms with Crippen molar-refractivity contribution in [2.24, 2.45) is 0 Å². The molecule has 4 heteroatoms. The molecule has 0 aromatic heterocycles. The Labute approximate surface area is 106 Å². The van der Waals surface area contributed by atoms with Gasteiger partial charge in [-0.05, 0) is 37.8 Å². The van der Waals surface area contributed by atoms with Gasteiger partial charge in [-0.15, -0.1) is 23.2 Å². The van der Waals surface area contributed by atoms with E-state index in [1.54, 1.807) is 0 Å². The molecule has 0 aromatic rings. The summed E-state index contributed by atoms with van der Waals surface area (Å²) >= 11 is 22.9. The first kappa shape index (κ1) is 14.6. The van der Waals surface area contributed by atoms with Gasteiger partial charge in [0.1, 0.15) is 0 Å². The maximum atomic E-state index is 5.91. The highest BCUT2D eigenvalue weighted by atomic mass is 35.5. The van der Waals surface area contributed by atoms with Gasteiger partial charge in [0.2, 0.25) is 0 Å². The Morgan fingerprint density at radius 1 is 0.786 bits per heavy atom. The van der Waals surface area contributed by atoms with E-state index in [1.165, 1.54) is 0 Å². The van der Waals surface area contributed by atoms with E-state index in [9.17, 15) is 0 Å². The number of hydrogen-bond acceptors (Lipinski definition) is 0. The van der Waals surface area contributed by atoms with Crippen LogP contribution in [0.25, 0.3) is 0 Å². The van der Waals surface area contributed by atoms with Crippen LogP contribution in [0.5, 0.6) is 0 Å². The summed E-state index contributed by atoms with van der Waals surface area (Å²) < 4.78 is 0. The van der Waals surface area contributed by atoms with Crippen LogP contribution >= 0.6 is 46.4 Å². The largest absolute Gasteiger partial charge is 0.127 e. The number of rotatable bonds is 7. The molecule has 0 amide bonds. The van der Waals surface area contributed by atoms with Gasteiger partial charge in [-0.25, -0.2) is 0 Å². The van der Waals surface area contributed by atoms with Gasteiger partial charge in [0.15, 0.2) is 0 Å². The van der Waals surface area contributed by atoms with Crippen LogP contribution in [-0.2, 0) is 0 Å². The maximum Gasteiger partial charge on any atom is 0.0226 e. The Morgan fingerprint density at radius 2 is 1.14 bits per heavy atom. The van der Waals surface area contributed by atoms with Crippen LogP contribution in [0.2, 0.25) is 0 Å². The van der Waals surface area contributed by atoms with E-state index in [0.29, 0.717) is 11.8 Å². The van der Waals surface area contributed by atoms with Crippen LogP contribution in [0, 0.1) is 0 Å². The predicted molar refractivity (Wildman–Crippen MR) is 67.8 cm³/mol. The molecule has 14 heavy (non-hydrogen) atoms. The van der Waals surface area contributed by atoms with Crippen molar-refractivity contribution in [2.75, 3.05) is 11.8 Å². The van der Waals surface area contributed by atoms with Crippen molar-refractivity contribution < 1.29 is 0 Å². The van der Waals surface area contributed by atoms with Crippen molar-refractivity contribution in [1.82, 2.24) is 0 Å². The quantitative estimate of drug-likeness (QED) is 0.439. The molecule has 0 aliphatic rings. The van der Waals surface area contributed by atoms with Gasteiger partial charge < -0.3 is 0 Å². The Kier molecular flexibility index (Phi) is 10.6. The number of hydrogen-bond donors (Lipinski definition) is 0. The third kappa shape index (κ3) is 9.21. The first-order valence-electron chi connectivity index (χ1n) is 4.53. The van der Waals surface area contributed by atoms with Crippen molar-refractivity contribution in [3.63, 3.8) is 0 Å². The molecular formula is C10H14Cl4. The summed E-state index contributed by atoms with van der Waals surface area (Å²) in [5, 5.41) is 1.57. The molecule has 0 aliphatic heterocycles. The molecule has 0 saturated carbocycles. The lowest BCUT2D eigenvalue weighted by Gasteiger charge is -1.96. The van der Waals surface area contributed by atoms with Gasteiger partial charge in [-0.2, -0.15) is 0 Å². The van der Waals surface area contributed by atoms with E-state index < -0.39 is 0 Å². The van der Waals surface area contributed by atoms with Crippen molar-refractivity contribution in [2.45, 2.75) is 25.7 Å². The average molecular weight is 276 g/mol. The molecule has 0 N–H and O–H groups in total. The van der Waals surface area contributed by atoms with Crippen LogP contribution in [0.3, 0.4) is 0 Å². The SMILES string of the molecule is ClCCC/C(Cl)=C/C=C(\Cl)CCCCl.